The average molecular weight is 544 g/mol. The van der Waals surface area contributed by atoms with Crippen molar-refractivity contribution in [2.75, 3.05) is 52.7 Å². The molecule has 2 N–H and O–H groups in total. The highest BCUT2D eigenvalue weighted by atomic mass is 127. The van der Waals surface area contributed by atoms with E-state index in [0.717, 1.165) is 69.7 Å². The van der Waals surface area contributed by atoms with Gasteiger partial charge in [-0.2, -0.15) is 0 Å². The van der Waals surface area contributed by atoms with Crippen LogP contribution in [0.15, 0.2) is 23.2 Å². The monoisotopic (exact) mass is 544 g/mol. The molecule has 2 saturated heterocycles. The van der Waals surface area contributed by atoms with Crippen LogP contribution >= 0.6 is 24.0 Å². The number of hydrogen-bond donors (Lipinski definition) is 2. The number of nitrogens with one attached hydrogen (secondary N) is 2. The van der Waals surface area contributed by atoms with E-state index in [9.17, 15) is 0 Å². The maximum Gasteiger partial charge on any atom is 0.231 e. The lowest BCUT2D eigenvalue weighted by molar-refractivity contribution is 0.0530. The first-order valence-electron chi connectivity index (χ1n) is 11.5. The molecule has 0 amide bonds. The minimum absolute atomic E-state index is 0. The zero-order valence-electron chi connectivity index (χ0n) is 18.8. The molecule has 3 heterocycles. The van der Waals surface area contributed by atoms with Crippen LogP contribution < -0.4 is 20.1 Å². The smallest absolute Gasteiger partial charge is 0.231 e. The average Bonchev–Trinajstić information content (AvgIpc) is 3.44. The second-order valence-electron chi connectivity index (χ2n) is 8.46. The second-order valence-corrected chi connectivity index (χ2v) is 8.46. The predicted molar refractivity (Wildman–Crippen MR) is 134 cm³/mol. The number of rotatable bonds is 7. The molecule has 1 aromatic rings. The van der Waals surface area contributed by atoms with E-state index in [4.69, 9.17) is 19.2 Å². The Morgan fingerprint density at radius 3 is 2.74 bits per heavy atom. The minimum atomic E-state index is -0.0373. The molecule has 3 aliphatic rings. The van der Waals surface area contributed by atoms with Gasteiger partial charge < -0.3 is 24.8 Å². The summed E-state index contributed by atoms with van der Waals surface area (Å²) in [4.78, 5) is 7.60. The van der Waals surface area contributed by atoms with Crippen LogP contribution in [-0.4, -0.2) is 69.6 Å². The first-order chi connectivity index (χ1) is 14.7. The van der Waals surface area contributed by atoms with E-state index >= 15 is 0 Å². The van der Waals surface area contributed by atoms with Crippen molar-refractivity contribution >= 4 is 29.9 Å². The molecular weight excluding hydrogens is 507 g/mol. The van der Waals surface area contributed by atoms with Gasteiger partial charge in [0.2, 0.25) is 6.79 Å². The van der Waals surface area contributed by atoms with Gasteiger partial charge in [0.05, 0.1) is 6.54 Å². The SMILES string of the molecule is CCNC(=NCC1(c2ccc3c(c2)OCO3)CCOCC1)NCC1CCCN1CC.I. The van der Waals surface area contributed by atoms with Crippen molar-refractivity contribution in [3.8, 4) is 11.5 Å². The topological polar surface area (TPSA) is 67.4 Å². The van der Waals surface area contributed by atoms with Gasteiger partial charge in [0, 0.05) is 37.8 Å². The normalized spacial score (nSPS) is 22.8. The van der Waals surface area contributed by atoms with Gasteiger partial charge in [-0.05, 0) is 63.4 Å². The molecule has 174 valence electrons. The van der Waals surface area contributed by atoms with Gasteiger partial charge in [-0.3, -0.25) is 9.89 Å². The maximum absolute atomic E-state index is 5.69. The number of likely N-dealkylation sites (N-methyl/N-ethyl adjacent to an activating group) is 1. The fourth-order valence-corrected chi connectivity index (χ4v) is 4.86. The van der Waals surface area contributed by atoms with Crippen LogP contribution in [0.2, 0.25) is 0 Å². The van der Waals surface area contributed by atoms with Crippen molar-refractivity contribution in [2.45, 2.75) is 51.0 Å². The summed E-state index contributed by atoms with van der Waals surface area (Å²) >= 11 is 0. The van der Waals surface area contributed by atoms with E-state index in [1.54, 1.807) is 0 Å². The summed E-state index contributed by atoms with van der Waals surface area (Å²) in [5.41, 5.74) is 1.23. The number of fused-ring (bicyclic) bond motifs is 1. The van der Waals surface area contributed by atoms with E-state index in [2.05, 4.69) is 41.5 Å². The first-order valence-corrected chi connectivity index (χ1v) is 11.5. The summed E-state index contributed by atoms with van der Waals surface area (Å²) in [5.74, 6) is 2.58. The van der Waals surface area contributed by atoms with E-state index in [-0.39, 0.29) is 29.4 Å². The van der Waals surface area contributed by atoms with E-state index < -0.39 is 0 Å². The Labute approximate surface area is 203 Å². The van der Waals surface area contributed by atoms with Crippen LogP contribution in [0.25, 0.3) is 0 Å². The summed E-state index contributed by atoms with van der Waals surface area (Å²) in [7, 11) is 0. The number of ether oxygens (including phenoxy) is 3. The van der Waals surface area contributed by atoms with Crippen molar-refractivity contribution in [1.82, 2.24) is 15.5 Å². The van der Waals surface area contributed by atoms with Gasteiger partial charge in [0.1, 0.15) is 0 Å². The number of aliphatic imine (C=N–C) groups is 1. The van der Waals surface area contributed by atoms with Crippen LogP contribution in [0, 0.1) is 0 Å². The molecule has 4 rings (SSSR count). The van der Waals surface area contributed by atoms with Crippen LogP contribution in [-0.2, 0) is 10.2 Å². The number of likely N-dealkylation sites (tertiary alicyclic amines) is 1. The number of halogens is 1. The number of benzene rings is 1. The molecule has 3 aliphatic heterocycles. The number of nitrogens with zero attached hydrogens (tertiary/aromatic N) is 2. The largest absolute Gasteiger partial charge is 0.454 e. The molecule has 0 aliphatic carbocycles. The summed E-state index contributed by atoms with van der Waals surface area (Å²) in [6, 6.07) is 6.94. The lowest BCUT2D eigenvalue weighted by Gasteiger charge is -2.37. The molecule has 7 nitrogen and oxygen atoms in total. The zero-order valence-corrected chi connectivity index (χ0v) is 21.2. The number of hydrogen-bond acceptors (Lipinski definition) is 5. The molecule has 0 radical (unpaired) electrons. The lowest BCUT2D eigenvalue weighted by Crippen LogP contribution is -2.46. The van der Waals surface area contributed by atoms with Gasteiger partial charge >= 0.3 is 0 Å². The summed E-state index contributed by atoms with van der Waals surface area (Å²) in [6.45, 7) is 11.1. The van der Waals surface area contributed by atoms with Gasteiger partial charge in [0.15, 0.2) is 17.5 Å². The molecule has 0 aromatic heterocycles. The Morgan fingerprint density at radius 2 is 1.97 bits per heavy atom. The zero-order chi connectivity index (χ0) is 20.8. The van der Waals surface area contributed by atoms with Crippen LogP contribution in [0.5, 0.6) is 11.5 Å². The molecule has 1 unspecified atom stereocenters. The fourth-order valence-electron chi connectivity index (χ4n) is 4.86. The summed E-state index contributed by atoms with van der Waals surface area (Å²) in [5, 5.41) is 7.03. The van der Waals surface area contributed by atoms with Gasteiger partial charge in [-0.25, -0.2) is 0 Å². The molecule has 0 saturated carbocycles. The predicted octanol–water partition coefficient (Wildman–Crippen LogP) is 3.12. The second kappa shape index (κ2) is 11.6. The Kier molecular flexibility index (Phi) is 9.09. The van der Waals surface area contributed by atoms with Crippen molar-refractivity contribution in [3.05, 3.63) is 23.8 Å². The third-order valence-electron chi connectivity index (χ3n) is 6.73. The van der Waals surface area contributed by atoms with Crippen molar-refractivity contribution < 1.29 is 14.2 Å². The van der Waals surface area contributed by atoms with Crippen molar-refractivity contribution in [2.24, 2.45) is 4.99 Å². The lowest BCUT2D eigenvalue weighted by atomic mass is 9.74. The van der Waals surface area contributed by atoms with Gasteiger partial charge in [-0.1, -0.05) is 13.0 Å². The standard InChI is InChI=1S/C23H36N4O3.HI/c1-3-24-22(25-15-19-6-5-11-27(19)4-2)26-16-23(9-12-28-13-10-23)18-7-8-20-21(14-18)30-17-29-20;/h7-8,14,19H,3-6,9-13,15-17H2,1-2H3,(H2,24,25,26);1H. The fraction of sp³-hybridized carbons (Fsp3) is 0.696. The molecule has 8 heteroatoms. The number of guanidine groups is 1. The Morgan fingerprint density at radius 1 is 1.16 bits per heavy atom. The summed E-state index contributed by atoms with van der Waals surface area (Å²) in [6.07, 6.45) is 4.48. The van der Waals surface area contributed by atoms with Crippen LogP contribution in [0.3, 0.4) is 0 Å². The highest BCUT2D eigenvalue weighted by Crippen LogP contribution is 2.41. The Balaban J connectivity index is 0.00000272. The van der Waals surface area contributed by atoms with E-state index in [0.29, 0.717) is 12.8 Å². The van der Waals surface area contributed by atoms with Crippen LogP contribution in [0.1, 0.15) is 45.1 Å². The molecule has 0 spiro atoms. The third-order valence-corrected chi connectivity index (χ3v) is 6.73. The third kappa shape index (κ3) is 5.76. The molecular formula is C23H37IN4O3. The highest BCUT2D eigenvalue weighted by Gasteiger charge is 2.36. The summed E-state index contributed by atoms with van der Waals surface area (Å²) < 4.78 is 16.8. The Hall–Kier alpha value is -1.26. The molecule has 2 fully saturated rings. The highest BCUT2D eigenvalue weighted by molar-refractivity contribution is 14.0. The minimum Gasteiger partial charge on any atom is -0.454 e. The molecule has 1 atom stereocenters. The van der Waals surface area contributed by atoms with Crippen molar-refractivity contribution in [3.63, 3.8) is 0 Å². The molecule has 0 bridgehead atoms. The quantitative estimate of drug-likeness (QED) is 0.313. The van der Waals surface area contributed by atoms with Crippen LogP contribution in [0.4, 0.5) is 0 Å². The van der Waals surface area contributed by atoms with Gasteiger partial charge in [0.25, 0.3) is 0 Å². The van der Waals surface area contributed by atoms with E-state index in [1.165, 1.54) is 24.9 Å². The van der Waals surface area contributed by atoms with Gasteiger partial charge in [-0.15, -0.1) is 24.0 Å². The molecule has 31 heavy (non-hydrogen) atoms. The van der Waals surface area contributed by atoms with Crippen molar-refractivity contribution in [1.29, 1.82) is 0 Å². The maximum atomic E-state index is 5.69. The van der Waals surface area contributed by atoms with E-state index in [1.807, 2.05) is 6.07 Å². The Bertz CT molecular complexity index is 740. The molecule has 1 aromatic carbocycles. The first kappa shape index (κ1) is 24.4.